The topological polar surface area (TPSA) is 49.8 Å². The first-order valence-corrected chi connectivity index (χ1v) is 10.3. The second-order valence-corrected chi connectivity index (χ2v) is 10.2. The molecule has 3 heteroatoms. The van der Waals surface area contributed by atoms with Crippen LogP contribution in [0.15, 0.2) is 11.1 Å². The molecular weight excluding hydrogens is 312 g/mol. The largest absolute Gasteiger partial charge is 0.393 e. The maximum atomic E-state index is 12.5. The number of hydrogen-bond acceptors (Lipinski definition) is 3. The summed E-state index contributed by atoms with van der Waals surface area (Å²) in [5.41, 5.74) is 2.95. The molecule has 3 saturated carbocycles. The molecular formula is C22H32O3. The molecule has 0 amide bonds. The summed E-state index contributed by atoms with van der Waals surface area (Å²) in [5.74, 6) is 2.29. The number of hydrogen-bond donors (Lipinski definition) is 1. The van der Waals surface area contributed by atoms with Crippen LogP contribution >= 0.6 is 0 Å². The molecule has 0 unspecified atom stereocenters. The highest BCUT2D eigenvalue weighted by molar-refractivity contribution is 5.90. The number of rotatable bonds is 1. The number of allylic oxidation sites excluding steroid dienone is 1. The minimum atomic E-state index is -0.454. The van der Waals surface area contributed by atoms with E-state index in [0.717, 1.165) is 38.0 Å². The second kappa shape index (κ2) is 4.78. The monoisotopic (exact) mass is 344 g/mol. The summed E-state index contributed by atoms with van der Waals surface area (Å²) in [6.07, 6.45) is 7.59. The van der Waals surface area contributed by atoms with Crippen LogP contribution in [0.25, 0.3) is 0 Å². The van der Waals surface area contributed by atoms with E-state index in [9.17, 15) is 9.90 Å². The number of carbonyl (C=O) groups is 1. The van der Waals surface area contributed by atoms with E-state index in [1.807, 2.05) is 0 Å². The standard InChI is InChI=1S/C22H32O3/c1-12-9-15-16(20(3)7-5-14(24)10-17(12)20)6-8-21(4)18(15)11-19-22(21,25-19)13(2)23/h14-16,18-19,24H,5-11H2,1-4H3/t14-,15+,16-,18-,19+,20+,21-,22+/m0/s1. The molecule has 8 atom stereocenters. The van der Waals surface area contributed by atoms with Gasteiger partial charge in [0.15, 0.2) is 11.4 Å². The van der Waals surface area contributed by atoms with Crippen molar-refractivity contribution in [2.75, 3.05) is 0 Å². The van der Waals surface area contributed by atoms with Crippen LogP contribution in [-0.2, 0) is 9.53 Å². The van der Waals surface area contributed by atoms with Crippen molar-refractivity contribution in [2.45, 2.75) is 90.4 Å². The number of Topliss-reactive ketones (excluding diaryl/α,β-unsaturated/α-hetero) is 1. The molecule has 0 aromatic carbocycles. The minimum absolute atomic E-state index is 0.0347. The lowest BCUT2D eigenvalue weighted by Crippen LogP contribution is -2.54. The molecule has 1 heterocycles. The van der Waals surface area contributed by atoms with Gasteiger partial charge in [0.25, 0.3) is 0 Å². The quantitative estimate of drug-likeness (QED) is 0.577. The minimum Gasteiger partial charge on any atom is -0.393 e. The van der Waals surface area contributed by atoms with Crippen LogP contribution in [0, 0.1) is 28.6 Å². The van der Waals surface area contributed by atoms with Crippen LogP contribution in [0.4, 0.5) is 0 Å². The van der Waals surface area contributed by atoms with Crippen molar-refractivity contribution < 1.29 is 14.6 Å². The summed E-state index contributed by atoms with van der Waals surface area (Å²) in [6, 6.07) is 0. The van der Waals surface area contributed by atoms with Crippen LogP contribution < -0.4 is 0 Å². The molecule has 0 radical (unpaired) electrons. The van der Waals surface area contributed by atoms with E-state index in [4.69, 9.17) is 4.74 Å². The van der Waals surface area contributed by atoms with Crippen LogP contribution in [0.1, 0.15) is 72.6 Å². The van der Waals surface area contributed by atoms with Gasteiger partial charge in [0.2, 0.25) is 0 Å². The van der Waals surface area contributed by atoms with Crippen molar-refractivity contribution in [3.63, 3.8) is 0 Å². The maximum absolute atomic E-state index is 12.5. The van der Waals surface area contributed by atoms with Gasteiger partial charge in [-0.2, -0.15) is 0 Å². The molecule has 25 heavy (non-hydrogen) atoms. The van der Waals surface area contributed by atoms with Gasteiger partial charge in [-0.05, 0) is 82.0 Å². The van der Waals surface area contributed by atoms with Crippen molar-refractivity contribution in [1.82, 2.24) is 0 Å². The van der Waals surface area contributed by atoms with Crippen LogP contribution in [0.5, 0.6) is 0 Å². The molecule has 138 valence electrons. The fraction of sp³-hybridized carbons (Fsp3) is 0.864. The highest BCUT2D eigenvalue weighted by atomic mass is 16.6. The first-order valence-electron chi connectivity index (χ1n) is 10.3. The van der Waals surface area contributed by atoms with E-state index in [1.165, 1.54) is 18.4 Å². The molecule has 4 fully saturated rings. The Balaban J connectivity index is 1.54. The third-order valence-corrected chi connectivity index (χ3v) is 9.39. The summed E-state index contributed by atoms with van der Waals surface area (Å²) in [5, 5.41) is 10.2. The number of fused-ring (bicyclic) bond motifs is 7. The molecule has 5 rings (SSSR count). The van der Waals surface area contributed by atoms with Gasteiger partial charge in [-0.3, -0.25) is 4.79 Å². The third kappa shape index (κ3) is 1.78. The first-order chi connectivity index (χ1) is 11.7. The van der Waals surface area contributed by atoms with Gasteiger partial charge in [-0.15, -0.1) is 0 Å². The van der Waals surface area contributed by atoms with Crippen LogP contribution in [-0.4, -0.2) is 28.7 Å². The van der Waals surface area contributed by atoms with Gasteiger partial charge in [0.1, 0.15) is 0 Å². The maximum Gasteiger partial charge on any atom is 0.164 e. The lowest BCUT2D eigenvalue weighted by atomic mass is 9.46. The summed E-state index contributed by atoms with van der Waals surface area (Å²) in [6.45, 7) is 8.88. The van der Waals surface area contributed by atoms with Gasteiger partial charge in [0.05, 0.1) is 12.2 Å². The van der Waals surface area contributed by atoms with Gasteiger partial charge < -0.3 is 9.84 Å². The fourth-order valence-corrected chi connectivity index (χ4v) is 8.16. The highest BCUT2D eigenvalue weighted by Crippen LogP contribution is 2.73. The predicted octanol–water partition coefficient (Wildman–Crippen LogP) is 4.04. The summed E-state index contributed by atoms with van der Waals surface area (Å²) in [4.78, 5) is 12.5. The lowest BCUT2D eigenvalue weighted by molar-refractivity contribution is -0.135. The zero-order valence-electron chi connectivity index (χ0n) is 16.1. The second-order valence-electron chi connectivity index (χ2n) is 10.2. The summed E-state index contributed by atoms with van der Waals surface area (Å²) >= 11 is 0. The number of carbonyl (C=O) groups excluding carboxylic acids is 1. The smallest absolute Gasteiger partial charge is 0.164 e. The molecule has 3 nitrogen and oxygen atoms in total. The average Bonchev–Trinajstić information content (AvgIpc) is 3.23. The van der Waals surface area contributed by atoms with Crippen molar-refractivity contribution in [2.24, 2.45) is 28.6 Å². The number of aliphatic hydroxyl groups excluding tert-OH is 1. The van der Waals surface area contributed by atoms with E-state index >= 15 is 0 Å². The van der Waals surface area contributed by atoms with Crippen molar-refractivity contribution in [3.05, 3.63) is 11.1 Å². The molecule has 0 spiro atoms. The van der Waals surface area contributed by atoms with E-state index in [-0.39, 0.29) is 28.8 Å². The molecule has 4 aliphatic carbocycles. The average molecular weight is 344 g/mol. The van der Waals surface area contributed by atoms with E-state index < -0.39 is 5.60 Å². The van der Waals surface area contributed by atoms with Crippen molar-refractivity contribution in [3.8, 4) is 0 Å². The Morgan fingerprint density at radius 2 is 1.92 bits per heavy atom. The third-order valence-electron chi connectivity index (χ3n) is 9.39. The molecule has 5 aliphatic rings. The Morgan fingerprint density at radius 1 is 1.16 bits per heavy atom. The normalized spacial score (nSPS) is 56.6. The lowest BCUT2D eigenvalue weighted by Gasteiger charge is -2.59. The van der Waals surface area contributed by atoms with E-state index in [0.29, 0.717) is 11.8 Å². The Labute approximate surface area is 151 Å². The Morgan fingerprint density at radius 3 is 2.64 bits per heavy atom. The molecule has 1 saturated heterocycles. The molecule has 0 aromatic heterocycles. The van der Waals surface area contributed by atoms with Crippen molar-refractivity contribution in [1.29, 1.82) is 0 Å². The zero-order chi connectivity index (χ0) is 17.8. The zero-order valence-corrected chi connectivity index (χ0v) is 16.1. The van der Waals surface area contributed by atoms with Gasteiger partial charge in [0, 0.05) is 5.41 Å². The molecule has 1 N–H and O–H groups in total. The van der Waals surface area contributed by atoms with E-state index in [1.54, 1.807) is 12.5 Å². The summed E-state index contributed by atoms with van der Waals surface area (Å²) < 4.78 is 6.03. The van der Waals surface area contributed by atoms with Crippen LogP contribution in [0.3, 0.4) is 0 Å². The molecule has 1 aliphatic heterocycles. The highest BCUT2D eigenvalue weighted by Gasteiger charge is 2.79. The SMILES string of the molecule is CC(=O)[C@@]12O[C@@H]1C[C@H]1[C@@H]3CC(C)=C4C[C@@H](O)CC[C@]4(C)[C@H]3CC[C@@]12C. The number of epoxide rings is 1. The van der Waals surface area contributed by atoms with E-state index in [2.05, 4.69) is 20.8 Å². The number of ketones is 1. The van der Waals surface area contributed by atoms with Crippen LogP contribution in [0.2, 0.25) is 0 Å². The van der Waals surface area contributed by atoms with Gasteiger partial charge in [-0.25, -0.2) is 0 Å². The molecule has 0 aromatic rings. The fourth-order valence-electron chi connectivity index (χ4n) is 8.16. The van der Waals surface area contributed by atoms with Gasteiger partial charge in [-0.1, -0.05) is 25.0 Å². The molecule has 0 bridgehead atoms. The number of aliphatic hydroxyl groups is 1. The Hall–Kier alpha value is -0.670. The summed E-state index contributed by atoms with van der Waals surface area (Å²) in [7, 11) is 0. The van der Waals surface area contributed by atoms with Gasteiger partial charge >= 0.3 is 0 Å². The van der Waals surface area contributed by atoms with Crippen molar-refractivity contribution >= 4 is 5.78 Å². The Bertz CT molecular complexity index is 681. The predicted molar refractivity (Wildman–Crippen MR) is 96.0 cm³/mol. The number of ether oxygens (including phenoxy) is 1. The first kappa shape index (κ1) is 16.5. The Kier molecular flexibility index (Phi) is 3.16.